The summed E-state index contributed by atoms with van der Waals surface area (Å²) in [7, 11) is 2.15. The third kappa shape index (κ3) is 2.84. The second-order valence-corrected chi connectivity index (χ2v) is 6.14. The Morgan fingerprint density at radius 1 is 1.32 bits per heavy atom. The summed E-state index contributed by atoms with van der Waals surface area (Å²) in [5.41, 5.74) is 2.51. The number of aryl methyl sites for hydroxylation is 1. The van der Waals surface area contributed by atoms with Crippen molar-refractivity contribution in [1.82, 2.24) is 14.7 Å². The molecule has 2 rings (SSSR count). The van der Waals surface area contributed by atoms with Crippen LogP contribution in [0.5, 0.6) is 0 Å². The number of para-hydroxylation sites is 1. The second-order valence-electron chi connectivity index (χ2n) is 5.58. The van der Waals surface area contributed by atoms with Crippen molar-refractivity contribution >= 4 is 26.8 Å². The van der Waals surface area contributed by atoms with Crippen LogP contribution in [0.4, 0.5) is 0 Å². The third-order valence-corrected chi connectivity index (χ3v) is 5.15. The molecule has 4 heteroatoms. The Balaban J connectivity index is 2.36. The van der Waals surface area contributed by atoms with Gasteiger partial charge in [0.2, 0.25) is 0 Å². The van der Waals surface area contributed by atoms with E-state index in [9.17, 15) is 0 Å². The van der Waals surface area contributed by atoms with E-state index in [0.717, 1.165) is 24.1 Å². The van der Waals surface area contributed by atoms with E-state index in [2.05, 4.69) is 77.6 Å². The smallest absolute Gasteiger partial charge is 0.0843 e. The van der Waals surface area contributed by atoms with Crippen LogP contribution in [0.25, 0.3) is 10.9 Å². The molecule has 0 saturated carbocycles. The minimum Gasteiger partial charge on any atom is -0.294 e. The largest absolute Gasteiger partial charge is 0.294 e. The van der Waals surface area contributed by atoms with Crippen LogP contribution in [0, 0.1) is 0 Å². The van der Waals surface area contributed by atoms with Crippen molar-refractivity contribution in [3.8, 4) is 0 Å². The first-order valence-corrected chi connectivity index (χ1v) is 7.83. The summed E-state index contributed by atoms with van der Waals surface area (Å²) in [6, 6.07) is 8.47. The molecule has 19 heavy (non-hydrogen) atoms. The van der Waals surface area contributed by atoms with Crippen LogP contribution >= 0.6 is 15.9 Å². The number of alkyl halides is 1. The molecule has 0 atom stereocenters. The van der Waals surface area contributed by atoms with E-state index in [-0.39, 0.29) is 5.54 Å². The molecule has 0 fully saturated rings. The van der Waals surface area contributed by atoms with Crippen LogP contribution in [-0.4, -0.2) is 32.6 Å². The molecule has 0 radical (unpaired) electrons. The SMILES string of the molecule is CCn1nc(CN(C)C(C)(C)CBr)c2ccccc21. The summed E-state index contributed by atoms with van der Waals surface area (Å²) in [6.07, 6.45) is 0. The minimum absolute atomic E-state index is 0.122. The average molecular weight is 324 g/mol. The van der Waals surface area contributed by atoms with E-state index in [1.807, 2.05) is 0 Å². The first kappa shape index (κ1) is 14.5. The van der Waals surface area contributed by atoms with Gasteiger partial charge >= 0.3 is 0 Å². The van der Waals surface area contributed by atoms with Gasteiger partial charge in [-0.05, 0) is 33.9 Å². The van der Waals surface area contributed by atoms with Crippen molar-refractivity contribution in [2.75, 3.05) is 12.4 Å². The predicted octanol–water partition coefficient (Wildman–Crippen LogP) is 3.66. The maximum atomic E-state index is 4.76. The number of benzene rings is 1. The first-order valence-electron chi connectivity index (χ1n) is 6.71. The molecule has 1 heterocycles. The molecule has 0 aliphatic rings. The van der Waals surface area contributed by atoms with Gasteiger partial charge in [0.15, 0.2) is 0 Å². The summed E-state index contributed by atoms with van der Waals surface area (Å²) < 4.78 is 2.08. The minimum atomic E-state index is 0.122. The molecule has 0 spiro atoms. The van der Waals surface area contributed by atoms with Crippen LogP contribution in [0.3, 0.4) is 0 Å². The van der Waals surface area contributed by atoms with Gasteiger partial charge in [0.05, 0.1) is 11.2 Å². The average Bonchev–Trinajstić information content (AvgIpc) is 2.77. The van der Waals surface area contributed by atoms with E-state index in [4.69, 9.17) is 5.10 Å². The Hall–Kier alpha value is -0.870. The fraction of sp³-hybridized carbons (Fsp3) is 0.533. The molecule has 104 valence electrons. The topological polar surface area (TPSA) is 21.1 Å². The maximum absolute atomic E-state index is 4.76. The molecule has 1 aromatic carbocycles. The summed E-state index contributed by atoms with van der Waals surface area (Å²) in [5, 5.41) is 6.97. The number of hydrogen-bond acceptors (Lipinski definition) is 2. The van der Waals surface area contributed by atoms with Crippen LogP contribution in [0.2, 0.25) is 0 Å². The van der Waals surface area contributed by atoms with Crippen molar-refractivity contribution in [3.05, 3.63) is 30.0 Å². The monoisotopic (exact) mass is 323 g/mol. The third-order valence-electron chi connectivity index (χ3n) is 3.78. The van der Waals surface area contributed by atoms with Crippen LogP contribution < -0.4 is 0 Å². The van der Waals surface area contributed by atoms with Gasteiger partial charge in [-0.1, -0.05) is 34.1 Å². The van der Waals surface area contributed by atoms with Gasteiger partial charge in [-0.3, -0.25) is 9.58 Å². The molecule has 0 N–H and O–H groups in total. The standard InChI is InChI=1S/C15H22BrN3/c1-5-19-14-9-7-6-8-12(14)13(17-19)10-18(4)15(2,3)11-16/h6-9H,5,10-11H2,1-4H3. The van der Waals surface area contributed by atoms with E-state index >= 15 is 0 Å². The lowest BCUT2D eigenvalue weighted by Gasteiger charge is -2.33. The molecule has 0 aliphatic carbocycles. The number of halogens is 1. The molecule has 0 bridgehead atoms. The molecule has 0 aliphatic heterocycles. The Morgan fingerprint density at radius 3 is 2.63 bits per heavy atom. The fourth-order valence-electron chi connectivity index (χ4n) is 2.09. The van der Waals surface area contributed by atoms with E-state index in [1.165, 1.54) is 10.9 Å². The van der Waals surface area contributed by atoms with E-state index in [0.29, 0.717) is 0 Å². The summed E-state index contributed by atoms with van der Waals surface area (Å²) >= 11 is 3.59. The number of aromatic nitrogens is 2. The number of fused-ring (bicyclic) bond motifs is 1. The van der Waals surface area contributed by atoms with Crippen molar-refractivity contribution in [2.45, 2.75) is 39.4 Å². The van der Waals surface area contributed by atoms with Crippen LogP contribution in [0.15, 0.2) is 24.3 Å². The lowest BCUT2D eigenvalue weighted by Crippen LogP contribution is -2.42. The van der Waals surface area contributed by atoms with Crippen LogP contribution in [0.1, 0.15) is 26.5 Å². The second kappa shape index (κ2) is 5.63. The summed E-state index contributed by atoms with van der Waals surface area (Å²) in [5.74, 6) is 0. The van der Waals surface area contributed by atoms with Gasteiger partial charge in [0.25, 0.3) is 0 Å². The maximum Gasteiger partial charge on any atom is 0.0843 e. The quantitative estimate of drug-likeness (QED) is 0.783. The highest BCUT2D eigenvalue weighted by Gasteiger charge is 2.23. The molecular formula is C15H22BrN3. The molecule has 0 amide bonds. The van der Waals surface area contributed by atoms with Gasteiger partial charge < -0.3 is 0 Å². The lowest BCUT2D eigenvalue weighted by atomic mass is 10.1. The highest BCUT2D eigenvalue weighted by atomic mass is 79.9. The zero-order valence-electron chi connectivity index (χ0n) is 12.2. The van der Waals surface area contributed by atoms with Crippen molar-refractivity contribution in [2.24, 2.45) is 0 Å². The Labute approximate surface area is 123 Å². The van der Waals surface area contributed by atoms with Gasteiger partial charge in [0, 0.05) is 29.3 Å². The van der Waals surface area contributed by atoms with Gasteiger partial charge in [-0.15, -0.1) is 0 Å². The number of hydrogen-bond donors (Lipinski definition) is 0. The molecule has 0 saturated heterocycles. The summed E-state index contributed by atoms with van der Waals surface area (Å²) in [4.78, 5) is 2.34. The number of rotatable bonds is 5. The summed E-state index contributed by atoms with van der Waals surface area (Å²) in [6.45, 7) is 8.38. The zero-order chi connectivity index (χ0) is 14.0. The van der Waals surface area contributed by atoms with E-state index in [1.54, 1.807) is 0 Å². The zero-order valence-corrected chi connectivity index (χ0v) is 13.7. The van der Waals surface area contributed by atoms with E-state index < -0.39 is 0 Å². The molecule has 2 aromatic rings. The lowest BCUT2D eigenvalue weighted by molar-refractivity contribution is 0.171. The first-order chi connectivity index (χ1) is 8.99. The fourth-order valence-corrected chi connectivity index (χ4v) is 2.52. The van der Waals surface area contributed by atoms with Gasteiger partial charge in [-0.25, -0.2) is 0 Å². The Kier molecular flexibility index (Phi) is 4.31. The highest BCUT2D eigenvalue weighted by Crippen LogP contribution is 2.23. The molecule has 0 unspecified atom stereocenters. The Bertz CT molecular complexity index is 560. The predicted molar refractivity (Wildman–Crippen MR) is 84.7 cm³/mol. The van der Waals surface area contributed by atoms with Crippen molar-refractivity contribution in [3.63, 3.8) is 0 Å². The van der Waals surface area contributed by atoms with Gasteiger partial charge in [-0.2, -0.15) is 5.10 Å². The molecular weight excluding hydrogens is 302 g/mol. The van der Waals surface area contributed by atoms with Gasteiger partial charge in [0.1, 0.15) is 0 Å². The van der Waals surface area contributed by atoms with Crippen LogP contribution in [-0.2, 0) is 13.1 Å². The number of nitrogens with zero attached hydrogens (tertiary/aromatic N) is 3. The highest BCUT2D eigenvalue weighted by molar-refractivity contribution is 9.09. The normalized spacial score (nSPS) is 12.5. The van der Waals surface area contributed by atoms with Crippen molar-refractivity contribution < 1.29 is 0 Å². The molecule has 3 nitrogen and oxygen atoms in total. The van der Waals surface area contributed by atoms with Crippen molar-refractivity contribution in [1.29, 1.82) is 0 Å². The molecule has 1 aromatic heterocycles. The Morgan fingerprint density at radius 2 is 2.00 bits per heavy atom.